The number of hydrogen-bond donors (Lipinski definition) is 0. The normalized spacial score (nSPS) is 27.0. The molecule has 2 amide bonds. The molecule has 6 heteroatoms. The fraction of sp³-hybridized carbons (Fsp3) is 0.375. The second kappa shape index (κ2) is 7.87. The van der Waals surface area contributed by atoms with Crippen molar-refractivity contribution in [2.75, 3.05) is 7.05 Å². The zero-order chi connectivity index (χ0) is 21.6. The van der Waals surface area contributed by atoms with E-state index in [0.717, 1.165) is 11.1 Å². The molecule has 2 aliphatic rings. The molecular formula is C24H29ClN2O2Si. The molecule has 0 unspecified atom stereocenters. The summed E-state index contributed by atoms with van der Waals surface area (Å²) in [6.07, 6.45) is 1.66. The van der Waals surface area contributed by atoms with E-state index in [1.807, 2.05) is 59.3 Å². The van der Waals surface area contributed by atoms with Gasteiger partial charge in [0.1, 0.15) is 6.10 Å². The van der Waals surface area contributed by atoms with Crippen LogP contribution in [0.1, 0.15) is 30.2 Å². The Morgan fingerprint density at radius 3 is 2.20 bits per heavy atom. The van der Waals surface area contributed by atoms with Crippen molar-refractivity contribution in [3.63, 3.8) is 0 Å². The second-order valence-electron chi connectivity index (χ2n) is 9.23. The quantitative estimate of drug-likeness (QED) is 0.543. The van der Waals surface area contributed by atoms with Crippen LogP contribution in [0.4, 0.5) is 4.79 Å². The number of amides is 2. The van der Waals surface area contributed by atoms with Crippen molar-refractivity contribution in [2.45, 2.75) is 51.0 Å². The van der Waals surface area contributed by atoms with Gasteiger partial charge in [-0.2, -0.15) is 0 Å². The van der Waals surface area contributed by atoms with Gasteiger partial charge in [0.15, 0.2) is 6.23 Å². The molecule has 0 radical (unpaired) electrons. The summed E-state index contributed by atoms with van der Waals surface area (Å²) in [4.78, 5) is 17.0. The van der Waals surface area contributed by atoms with Crippen LogP contribution < -0.4 is 0 Å². The van der Waals surface area contributed by atoms with Crippen molar-refractivity contribution in [3.05, 3.63) is 82.0 Å². The molecule has 0 aromatic heterocycles. The fourth-order valence-electron chi connectivity index (χ4n) is 4.45. The van der Waals surface area contributed by atoms with Crippen LogP contribution in [0.15, 0.2) is 65.9 Å². The van der Waals surface area contributed by atoms with Crippen molar-refractivity contribution < 1.29 is 9.53 Å². The molecule has 1 fully saturated rings. The SMILES string of the molecule is C[C@H]1[C@@H](c2ccccc2)N([C@H]2C=C([Si](C)(C)C)[C@H](c3ccc(Cl)cc3)O2)C(=O)N1C. The largest absolute Gasteiger partial charge is 0.343 e. The summed E-state index contributed by atoms with van der Waals surface area (Å²) >= 11 is 6.11. The minimum Gasteiger partial charge on any atom is -0.343 e. The Morgan fingerprint density at radius 2 is 1.60 bits per heavy atom. The van der Waals surface area contributed by atoms with Crippen LogP contribution in [0.25, 0.3) is 0 Å². The van der Waals surface area contributed by atoms with E-state index in [4.69, 9.17) is 16.3 Å². The van der Waals surface area contributed by atoms with Crippen LogP contribution in [0, 0.1) is 0 Å². The van der Waals surface area contributed by atoms with E-state index in [1.165, 1.54) is 5.20 Å². The second-order valence-corrected chi connectivity index (χ2v) is 14.7. The molecule has 0 bridgehead atoms. The molecule has 2 aliphatic heterocycles. The van der Waals surface area contributed by atoms with Crippen molar-refractivity contribution in [1.29, 1.82) is 0 Å². The van der Waals surface area contributed by atoms with E-state index >= 15 is 0 Å². The zero-order valence-corrected chi connectivity index (χ0v) is 19.9. The number of rotatable bonds is 4. The van der Waals surface area contributed by atoms with Gasteiger partial charge in [-0.25, -0.2) is 4.79 Å². The first kappa shape index (κ1) is 21.2. The maximum Gasteiger partial charge on any atom is 0.322 e. The standard InChI is InChI=1S/C24H29ClN2O2Si/c1-16-22(17-9-7-6-8-10-17)27(24(28)26(16)2)21-15-20(30(3,4)5)23(29-21)18-11-13-19(25)14-12-18/h6-16,21-23H,1-5H3/t16-,21+,22-,23-/m0/s1. The summed E-state index contributed by atoms with van der Waals surface area (Å²) in [5.74, 6) is 0. The molecular weight excluding hydrogens is 412 g/mol. The predicted octanol–water partition coefficient (Wildman–Crippen LogP) is 6.04. The van der Waals surface area contributed by atoms with E-state index in [1.54, 1.807) is 0 Å². The van der Waals surface area contributed by atoms with Gasteiger partial charge in [0.2, 0.25) is 0 Å². The smallest absolute Gasteiger partial charge is 0.322 e. The number of benzene rings is 2. The molecule has 2 aromatic carbocycles. The van der Waals surface area contributed by atoms with Crippen LogP contribution in [-0.2, 0) is 4.74 Å². The number of carbonyl (C=O) groups excluding carboxylic acids is 1. The van der Waals surface area contributed by atoms with Gasteiger partial charge in [0.05, 0.1) is 20.2 Å². The maximum absolute atomic E-state index is 13.3. The molecule has 0 aliphatic carbocycles. The Labute approximate surface area is 185 Å². The van der Waals surface area contributed by atoms with Crippen LogP contribution in [-0.4, -0.2) is 43.2 Å². The van der Waals surface area contributed by atoms with Gasteiger partial charge < -0.3 is 9.64 Å². The van der Waals surface area contributed by atoms with Gasteiger partial charge in [-0.3, -0.25) is 4.90 Å². The Kier molecular flexibility index (Phi) is 5.55. The molecule has 4 rings (SSSR count). The first-order chi connectivity index (χ1) is 14.2. The minimum atomic E-state index is -1.68. The Morgan fingerprint density at radius 1 is 0.967 bits per heavy atom. The van der Waals surface area contributed by atoms with Gasteiger partial charge in [0.25, 0.3) is 0 Å². The average molecular weight is 441 g/mol. The van der Waals surface area contributed by atoms with Gasteiger partial charge in [-0.1, -0.05) is 73.7 Å². The highest BCUT2D eigenvalue weighted by atomic mass is 35.5. The lowest BCUT2D eigenvalue weighted by Crippen LogP contribution is -2.39. The number of carbonyl (C=O) groups is 1. The summed E-state index contributed by atoms with van der Waals surface area (Å²) in [5.41, 5.74) is 2.21. The molecule has 2 aromatic rings. The third-order valence-electron chi connectivity index (χ3n) is 6.22. The van der Waals surface area contributed by atoms with Crippen molar-refractivity contribution in [2.24, 2.45) is 0 Å². The first-order valence-electron chi connectivity index (χ1n) is 10.4. The number of likely N-dealkylation sites (N-methyl/N-ethyl adjacent to an activating group) is 1. The third-order valence-corrected chi connectivity index (χ3v) is 8.64. The number of halogens is 1. The molecule has 4 nitrogen and oxygen atoms in total. The molecule has 1 saturated heterocycles. The lowest BCUT2D eigenvalue weighted by Gasteiger charge is -2.30. The van der Waals surface area contributed by atoms with E-state index in [-0.39, 0.29) is 24.2 Å². The summed E-state index contributed by atoms with van der Waals surface area (Å²) in [7, 11) is 0.191. The summed E-state index contributed by atoms with van der Waals surface area (Å²) in [6.45, 7) is 9.07. The molecule has 4 atom stereocenters. The highest BCUT2D eigenvalue weighted by Gasteiger charge is 2.48. The van der Waals surface area contributed by atoms with E-state index < -0.39 is 14.3 Å². The Hall–Kier alpha value is -2.08. The number of hydrogen-bond acceptors (Lipinski definition) is 2. The van der Waals surface area contributed by atoms with E-state index in [9.17, 15) is 4.79 Å². The van der Waals surface area contributed by atoms with E-state index in [0.29, 0.717) is 5.02 Å². The highest BCUT2D eigenvalue weighted by molar-refractivity contribution is 6.83. The van der Waals surface area contributed by atoms with Gasteiger partial charge in [-0.15, -0.1) is 0 Å². The van der Waals surface area contributed by atoms with Crippen molar-refractivity contribution in [1.82, 2.24) is 9.80 Å². The molecule has 158 valence electrons. The fourth-order valence-corrected chi connectivity index (χ4v) is 6.24. The molecule has 30 heavy (non-hydrogen) atoms. The van der Waals surface area contributed by atoms with Gasteiger partial charge in [-0.05, 0) is 41.5 Å². The van der Waals surface area contributed by atoms with Crippen molar-refractivity contribution >= 4 is 25.7 Å². The average Bonchev–Trinajstić information content (AvgIpc) is 3.25. The van der Waals surface area contributed by atoms with Crippen LogP contribution >= 0.6 is 11.6 Å². The van der Waals surface area contributed by atoms with E-state index in [2.05, 4.69) is 44.8 Å². The summed E-state index contributed by atoms with van der Waals surface area (Å²) in [5, 5.41) is 2.03. The van der Waals surface area contributed by atoms with Crippen LogP contribution in [0.3, 0.4) is 0 Å². The lowest BCUT2D eigenvalue weighted by atomic mass is 10.0. The topological polar surface area (TPSA) is 32.8 Å². The van der Waals surface area contributed by atoms with Gasteiger partial charge >= 0.3 is 6.03 Å². The first-order valence-corrected chi connectivity index (χ1v) is 14.3. The maximum atomic E-state index is 13.3. The number of urea groups is 1. The highest BCUT2D eigenvalue weighted by Crippen LogP contribution is 2.44. The number of nitrogens with zero attached hydrogens (tertiary/aromatic N) is 2. The lowest BCUT2D eigenvalue weighted by molar-refractivity contribution is -0.0302. The van der Waals surface area contributed by atoms with Crippen LogP contribution in [0.2, 0.25) is 24.7 Å². The Bertz CT molecular complexity index is 955. The Balaban J connectivity index is 1.74. The summed E-state index contributed by atoms with van der Waals surface area (Å²) in [6, 6.07) is 18.1. The molecule has 2 heterocycles. The third kappa shape index (κ3) is 3.70. The monoisotopic (exact) mass is 440 g/mol. The van der Waals surface area contributed by atoms with Gasteiger partial charge in [0, 0.05) is 12.1 Å². The molecule has 0 N–H and O–H groups in total. The summed E-state index contributed by atoms with van der Waals surface area (Å²) < 4.78 is 6.61. The zero-order valence-electron chi connectivity index (χ0n) is 18.2. The molecule has 0 spiro atoms. The van der Waals surface area contributed by atoms with Crippen LogP contribution in [0.5, 0.6) is 0 Å². The predicted molar refractivity (Wildman–Crippen MR) is 124 cm³/mol. The molecule has 0 saturated carbocycles. The van der Waals surface area contributed by atoms with Crippen molar-refractivity contribution in [3.8, 4) is 0 Å². The number of ether oxygens (including phenoxy) is 1. The minimum absolute atomic E-state index is 0.00397.